The van der Waals surface area contributed by atoms with E-state index in [-0.39, 0.29) is 6.03 Å². The fourth-order valence-electron chi connectivity index (χ4n) is 4.51. The number of amides is 3. The second-order valence-corrected chi connectivity index (χ2v) is 9.92. The molecule has 0 atom stereocenters. The smallest absolute Gasteiger partial charge is 0.324 e. The summed E-state index contributed by atoms with van der Waals surface area (Å²) in [5, 5.41) is 12.4. The molecule has 0 bridgehead atoms. The Morgan fingerprint density at radius 3 is 2.10 bits per heavy atom. The van der Waals surface area contributed by atoms with Crippen LogP contribution in [0.4, 0.5) is 10.5 Å². The zero-order valence-corrected chi connectivity index (χ0v) is 23.3. The van der Waals surface area contributed by atoms with Gasteiger partial charge in [0, 0.05) is 44.0 Å². The van der Waals surface area contributed by atoms with Crippen molar-refractivity contribution >= 4 is 17.6 Å². The van der Waals surface area contributed by atoms with Gasteiger partial charge in [0.2, 0.25) is 0 Å². The van der Waals surface area contributed by atoms with Gasteiger partial charge in [-0.1, -0.05) is 55.5 Å². The number of carbonyl (C=O) groups is 2. The quantitative estimate of drug-likeness (QED) is 0.192. The zero-order chi connectivity index (χ0) is 28.3. The first-order valence-corrected chi connectivity index (χ1v) is 13.7. The van der Waals surface area contributed by atoms with Gasteiger partial charge in [-0.15, -0.1) is 0 Å². The number of anilines is 1. The predicted octanol–water partition coefficient (Wildman–Crippen LogP) is 3.97. The second-order valence-electron chi connectivity index (χ2n) is 9.92. The summed E-state index contributed by atoms with van der Waals surface area (Å²) in [6, 6.07) is 23.3. The van der Waals surface area contributed by atoms with Crippen molar-refractivity contribution < 1.29 is 19.5 Å². The third kappa shape index (κ3) is 7.89. The number of hydrogen-bond acceptors (Lipinski definition) is 6. The van der Waals surface area contributed by atoms with E-state index in [1.165, 1.54) is 5.56 Å². The Hall–Kier alpha value is -3.76. The van der Waals surface area contributed by atoms with Crippen molar-refractivity contribution in [1.82, 2.24) is 20.6 Å². The Balaban J connectivity index is 1.46. The van der Waals surface area contributed by atoms with Gasteiger partial charge in [0.15, 0.2) is 0 Å². The molecule has 9 heteroatoms. The third-order valence-corrected chi connectivity index (χ3v) is 7.18. The largest absolute Gasteiger partial charge is 0.378 e. The van der Waals surface area contributed by atoms with Crippen molar-refractivity contribution in [3.63, 3.8) is 0 Å². The summed E-state index contributed by atoms with van der Waals surface area (Å²) in [6.45, 7) is 8.48. The van der Waals surface area contributed by atoms with E-state index in [4.69, 9.17) is 9.94 Å². The minimum atomic E-state index is -0.576. The molecule has 1 saturated heterocycles. The zero-order valence-electron chi connectivity index (χ0n) is 23.3. The van der Waals surface area contributed by atoms with Crippen LogP contribution in [-0.2, 0) is 17.8 Å². The van der Waals surface area contributed by atoms with Crippen LogP contribution in [0, 0.1) is 0 Å². The number of morpholine rings is 1. The summed E-state index contributed by atoms with van der Waals surface area (Å²) in [7, 11) is 2.12. The summed E-state index contributed by atoms with van der Waals surface area (Å²) in [4.78, 5) is 31.1. The van der Waals surface area contributed by atoms with Crippen molar-refractivity contribution in [3.05, 3.63) is 89.5 Å². The number of likely N-dealkylation sites (N-methyl/N-ethyl adjacent to an activating group) is 1. The molecule has 0 aliphatic carbocycles. The Bertz CT molecular complexity index is 1230. The highest BCUT2D eigenvalue weighted by atomic mass is 16.5. The Labute approximate surface area is 236 Å². The van der Waals surface area contributed by atoms with E-state index < -0.39 is 5.91 Å². The van der Waals surface area contributed by atoms with E-state index >= 15 is 0 Å². The molecular weight excluding hydrogens is 506 g/mol. The maximum atomic E-state index is 13.6. The maximum Gasteiger partial charge on any atom is 0.324 e. The van der Waals surface area contributed by atoms with Crippen LogP contribution < -0.4 is 15.7 Å². The van der Waals surface area contributed by atoms with E-state index in [1.54, 1.807) is 39.5 Å². The van der Waals surface area contributed by atoms with Crippen LogP contribution in [0.25, 0.3) is 11.1 Å². The minimum absolute atomic E-state index is 0.0878. The Morgan fingerprint density at radius 2 is 1.50 bits per heavy atom. The molecule has 1 aliphatic heterocycles. The highest BCUT2D eigenvalue weighted by Crippen LogP contribution is 2.26. The van der Waals surface area contributed by atoms with Crippen LogP contribution in [0.15, 0.2) is 72.8 Å². The van der Waals surface area contributed by atoms with Crippen LogP contribution in [0.3, 0.4) is 0 Å². The fourth-order valence-corrected chi connectivity index (χ4v) is 4.51. The van der Waals surface area contributed by atoms with E-state index in [9.17, 15) is 9.59 Å². The van der Waals surface area contributed by atoms with E-state index in [1.807, 2.05) is 24.3 Å². The molecular formula is C31H39N5O4. The second kappa shape index (κ2) is 14.6. The molecule has 3 amide bonds. The number of urea groups is 1. The first-order valence-electron chi connectivity index (χ1n) is 13.7. The number of nitrogens with zero attached hydrogens (tertiary/aromatic N) is 3. The van der Waals surface area contributed by atoms with Crippen LogP contribution >= 0.6 is 0 Å². The van der Waals surface area contributed by atoms with Gasteiger partial charge in [0.1, 0.15) is 0 Å². The number of hydrogen-bond donors (Lipinski definition) is 3. The summed E-state index contributed by atoms with van der Waals surface area (Å²) < 4.78 is 5.44. The summed E-state index contributed by atoms with van der Waals surface area (Å²) >= 11 is 0. The molecule has 3 aromatic carbocycles. The van der Waals surface area contributed by atoms with E-state index in [2.05, 4.69) is 48.5 Å². The molecule has 0 saturated carbocycles. The lowest BCUT2D eigenvalue weighted by atomic mass is 10.0. The van der Waals surface area contributed by atoms with Crippen molar-refractivity contribution in [2.45, 2.75) is 20.0 Å². The highest BCUT2D eigenvalue weighted by Gasteiger charge is 2.24. The molecule has 0 radical (unpaired) electrons. The molecule has 0 aromatic heterocycles. The normalized spacial score (nSPS) is 13.3. The van der Waals surface area contributed by atoms with Crippen LogP contribution in [0.2, 0.25) is 0 Å². The molecule has 1 heterocycles. The molecule has 1 aliphatic rings. The average Bonchev–Trinajstić information content (AvgIpc) is 3.02. The molecule has 40 heavy (non-hydrogen) atoms. The van der Waals surface area contributed by atoms with E-state index in [0.29, 0.717) is 38.4 Å². The monoisotopic (exact) mass is 545 g/mol. The predicted molar refractivity (Wildman–Crippen MR) is 156 cm³/mol. The number of nitrogens with one attached hydrogen (secondary N) is 2. The third-order valence-electron chi connectivity index (χ3n) is 7.18. The Morgan fingerprint density at radius 1 is 0.900 bits per heavy atom. The van der Waals surface area contributed by atoms with Gasteiger partial charge in [-0.25, -0.2) is 10.3 Å². The molecule has 3 aromatic rings. The molecule has 9 nitrogen and oxygen atoms in total. The van der Waals surface area contributed by atoms with E-state index in [0.717, 1.165) is 48.6 Å². The van der Waals surface area contributed by atoms with Gasteiger partial charge >= 0.3 is 6.03 Å². The number of hydroxylamine groups is 1. The molecule has 0 spiro atoms. The number of ether oxygens (including phenoxy) is 1. The maximum absolute atomic E-state index is 13.6. The van der Waals surface area contributed by atoms with Crippen molar-refractivity contribution in [1.29, 1.82) is 0 Å². The molecule has 3 N–H and O–H groups in total. The summed E-state index contributed by atoms with van der Waals surface area (Å²) in [5.41, 5.74) is 7.07. The van der Waals surface area contributed by atoms with Crippen LogP contribution in [0.1, 0.15) is 28.4 Å². The molecule has 1 fully saturated rings. The van der Waals surface area contributed by atoms with Crippen LogP contribution in [-0.4, -0.2) is 79.9 Å². The molecule has 4 rings (SSSR count). The highest BCUT2D eigenvalue weighted by molar-refractivity contribution is 5.94. The lowest BCUT2D eigenvalue weighted by Gasteiger charge is -2.33. The first kappa shape index (κ1) is 29.2. The standard InChI is InChI=1S/C31H39N5O4/c1-3-34(2)17-16-32-22-24-4-8-26(9-5-24)27-12-14-29(15-13-27)36(31(38)35-18-20-40-21-19-35)23-25-6-10-28(11-7-25)30(37)33-39/h4-15,32,39H,3,16-23H2,1-2H3,(H,33,37). The lowest BCUT2D eigenvalue weighted by Crippen LogP contribution is -2.48. The number of benzene rings is 3. The molecule has 0 unspecified atom stereocenters. The summed E-state index contributed by atoms with van der Waals surface area (Å²) in [6.07, 6.45) is 0. The van der Waals surface area contributed by atoms with Crippen molar-refractivity contribution in [2.24, 2.45) is 0 Å². The molecule has 212 valence electrons. The van der Waals surface area contributed by atoms with Crippen LogP contribution in [0.5, 0.6) is 0 Å². The topological polar surface area (TPSA) is 97.4 Å². The lowest BCUT2D eigenvalue weighted by molar-refractivity contribution is 0.0548. The van der Waals surface area contributed by atoms with Gasteiger partial charge in [-0.05, 0) is 60.1 Å². The average molecular weight is 546 g/mol. The SMILES string of the molecule is CCN(C)CCNCc1ccc(-c2ccc(N(Cc3ccc(C(=O)NO)cc3)C(=O)N3CCOCC3)cc2)cc1. The van der Waals surface area contributed by atoms with Gasteiger partial charge in [-0.3, -0.25) is 14.9 Å². The first-order chi connectivity index (χ1) is 19.5. The fraction of sp³-hybridized carbons (Fsp3) is 0.355. The van der Waals surface area contributed by atoms with Gasteiger partial charge in [-0.2, -0.15) is 0 Å². The number of carbonyl (C=O) groups excluding carboxylic acids is 2. The van der Waals surface area contributed by atoms with Gasteiger partial charge in [0.05, 0.1) is 19.8 Å². The van der Waals surface area contributed by atoms with Crippen molar-refractivity contribution in [2.75, 3.05) is 57.9 Å². The van der Waals surface area contributed by atoms with Gasteiger partial charge < -0.3 is 19.9 Å². The van der Waals surface area contributed by atoms with Gasteiger partial charge in [0.25, 0.3) is 5.91 Å². The minimum Gasteiger partial charge on any atom is -0.378 e. The summed E-state index contributed by atoms with van der Waals surface area (Å²) in [5.74, 6) is -0.576. The Kier molecular flexibility index (Phi) is 10.7. The number of rotatable bonds is 11. The van der Waals surface area contributed by atoms with Crippen molar-refractivity contribution in [3.8, 4) is 11.1 Å².